The topological polar surface area (TPSA) is 38.4 Å². The van der Waals surface area contributed by atoms with Gasteiger partial charge in [0.05, 0.1) is 0 Å². The third-order valence-electron chi connectivity index (χ3n) is 2.77. The lowest BCUT2D eigenvalue weighted by molar-refractivity contribution is 0.930. The standard InChI is InChI=1S/C16H18N2/c1-2-11-18-16(17)15-10-6-9-14(12-15)13-7-4-3-5-8-13/h3-10,12H,2,11H2,1H3,(H2,17,18). The molecule has 2 N–H and O–H groups in total. The summed E-state index contributed by atoms with van der Waals surface area (Å²) in [5.41, 5.74) is 9.33. The van der Waals surface area contributed by atoms with Crippen LogP contribution in [0.2, 0.25) is 0 Å². The molecule has 0 aliphatic heterocycles. The van der Waals surface area contributed by atoms with Gasteiger partial charge in [-0.2, -0.15) is 0 Å². The molecule has 2 aromatic carbocycles. The average molecular weight is 238 g/mol. The summed E-state index contributed by atoms with van der Waals surface area (Å²) in [6.07, 6.45) is 1.01. The van der Waals surface area contributed by atoms with E-state index in [1.165, 1.54) is 11.1 Å². The SMILES string of the molecule is CCCN=C(N)c1cccc(-c2ccccc2)c1. The zero-order valence-corrected chi connectivity index (χ0v) is 10.6. The number of hydrogen-bond donors (Lipinski definition) is 1. The van der Waals surface area contributed by atoms with Crippen LogP contribution in [0.3, 0.4) is 0 Å². The van der Waals surface area contributed by atoms with E-state index in [4.69, 9.17) is 5.73 Å². The van der Waals surface area contributed by atoms with E-state index in [0.29, 0.717) is 5.84 Å². The lowest BCUT2D eigenvalue weighted by atomic mass is 10.0. The smallest absolute Gasteiger partial charge is 0.125 e. The third-order valence-corrected chi connectivity index (χ3v) is 2.77. The number of hydrogen-bond acceptors (Lipinski definition) is 1. The molecule has 0 aromatic heterocycles. The first-order valence-electron chi connectivity index (χ1n) is 6.27. The van der Waals surface area contributed by atoms with Crippen LogP contribution < -0.4 is 5.73 Å². The van der Waals surface area contributed by atoms with E-state index in [-0.39, 0.29) is 0 Å². The van der Waals surface area contributed by atoms with E-state index >= 15 is 0 Å². The Kier molecular flexibility index (Phi) is 4.13. The Morgan fingerprint density at radius 2 is 1.72 bits per heavy atom. The maximum atomic E-state index is 5.98. The molecular weight excluding hydrogens is 220 g/mol. The van der Waals surface area contributed by atoms with Gasteiger partial charge >= 0.3 is 0 Å². The summed E-state index contributed by atoms with van der Waals surface area (Å²) in [4.78, 5) is 4.34. The molecule has 0 atom stereocenters. The van der Waals surface area contributed by atoms with Gasteiger partial charge in [0.1, 0.15) is 5.84 Å². The summed E-state index contributed by atoms with van der Waals surface area (Å²) in [7, 11) is 0. The molecule has 18 heavy (non-hydrogen) atoms. The first-order valence-corrected chi connectivity index (χ1v) is 6.27. The van der Waals surface area contributed by atoms with E-state index in [9.17, 15) is 0 Å². The van der Waals surface area contributed by atoms with Crippen LogP contribution >= 0.6 is 0 Å². The predicted octanol–water partition coefficient (Wildman–Crippen LogP) is 3.47. The molecule has 0 amide bonds. The van der Waals surface area contributed by atoms with Gasteiger partial charge in [0.2, 0.25) is 0 Å². The minimum atomic E-state index is 0.620. The van der Waals surface area contributed by atoms with Crippen molar-refractivity contribution in [1.29, 1.82) is 0 Å². The first kappa shape index (κ1) is 12.4. The van der Waals surface area contributed by atoms with Crippen LogP contribution in [0.25, 0.3) is 11.1 Å². The number of amidine groups is 1. The largest absolute Gasteiger partial charge is 0.384 e. The lowest BCUT2D eigenvalue weighted by Crippen LogP contribution is -2.13. The van der Waals surface area contributed by atoms with Crippen molar-refractivity contribution in [3.05, 3.63) is 60.2 Å². The highest BCUT2D eigenvalue weighted by molar-refractivity contribution is 5.98. The Labute approximate surface area is 108 Å². The molecule has 2 rings (SSSR count). The summed E-state index contributed by atoms with van der Waals surface area (Å²) in [5, 5.41) is 0. The van der Waals surface area contributed by atoms with E-state index in [2.05, 4.69) is 36.2 Å². The number of aliphatic imine (C=N–C) groups is 1. The minimum Gasteiger partial charge on any atom is -0.384 e. The summed E-state index contributed by atoms with van der Waals surface area (Å²) < 4.78 is 0. The highest BCUT2D eigenvalue weighted by atomic mass is 14.8. The van der Waals surface area contributed by atoms with Gasteiger partial charge in [-0.05, 0) is 23.6 Å². The van der Waals surface area contributed by atoms with Crippen LogP contribution in [0.15, 0.2) is 59.6 Å². The van der Waals surface area contributed by atoms with Crippen LogP contribution in [-0.2, 0) is 0 Å². The van der Waals surface area contributed by atoms with Gasteiger partial charge < -0.3 is 5.73 Å². The fourth-order valence-electron chi connectivity index (χ4n) is 1.81. The molecule has 0 aliphatic rings. The van der Waals surface area contributed by atoms with Gasteiger partial charge in [-0.3, -0.25) is 4.99 Å². The summed E-state index contributed by atoms with van der Waals surface area (Å²) >= 11 is 0. The number of nitrogens with zero attached hydrogens (tertiary/aromatic N) is 1. The van der Waals surface area contributed by atoms with Crippen molar-refractivity contribution in [2.24, 2.45) is 10.7 Å². The number of rotatable bonds is 4. The van der Waals surface area contributed by atoms with Gasteiger partial charge in [-0.15, -0.1) is 0 Å². The molecule has 2 heteroatoms. The molecule has 0 saturated heterocycles. The molecule has 92 valence electrons. The fraction of sp³-hybridized carbons (Fsp3) is 0.188. The summed E-state index contributed by atoms with van der Waals surface area (Å²) in [5.74, 6) is 0.620. The number of nitrogens with two attached hydrogens (primary N) is 1. The van der Waals surface area contributed by atoms with Crippen molar-refractivity contribution in [2.45, 2.75) is 13.3 Å². The highest BCUT2D eigenvalue weighted by Crippen LogP contribution is 2.19. The summed E-state index contributed by atoms with van der Waals surface area (Å²) in [6, 6.07) is 18.5. The minimum absolute atomic E-state index is 0.620. The molecule has 0 spiro atoms. The predicted molar refractivity (Wildman–Crippen MR) is 77.8 cm³/mol. The van der Waals surface area contributed by atoms with Crippen LogP contribution in [0, 0.1) is 0 Å². The molecule has 0 saturated carbocycles. The molecule has 0 aliphatic carbocycles. The van der Waals surface area contributed by atoms with Crippen molar-refractivity contribution in [1.82, 2.24) is 0 Å². The lowest BCUT2D eigenvalue weighted by Gasteiger charge is -2.05. The van der Waals surface area contributed by atoms with E-state index in [1.807, 2.05) is 30.3 Å². The average Bonchev–Trinajstić information content (AvgIpc) is 2.46. The molecule has 0 fully saturated rings. The monoisotopic (exact) mass is 238 g/mol. The van der Waals surface area contributed by atoms with Gasteiger partial charge in [0.15, 0.2) is 0 Å². The zero-order valence-electron chi connectivity index (χ0n) is 10.6. The molecule has 0 unspecified atom stereocenters. The van der Waals surface area contributed by atoms with Gasteiger partial charge in [0, 0.05) is 12.1 Å². The van der Waals surface area contributed by atoms with Crippen molar-refractivity contribution < 1.29 is 0 Å². The molecule has 0 radical (unpaired) electrons. The Balaban J connectivity index is 2.31. The molecule has 0 heterocycles. The van der Waals surface area contributed by atoms with E-state index in [1.54, 1.807) is 0 Å². The van der Waals surface area contributed by atoms with Crippen LogP contribution in [-0.4, -0.2) is 12.4 Å². The Bertz CT molecular complexity index is 530. The normalized spacial score (nSPS) is 11.5. The van der Waals surface area contributed by atoms with E-state index < -0.39 is 0 Å². The van der Waals surface area contributed by atoms with Gasteiger partial charge in [-0.1, -0.05) is 55.5 Å². The Morgan fingerprint density at radius 1 is 1.00 bits per heavy atom. The second kappa shape index (κ2) is 6.01. The van der Waals surface area contributed by atoms with Crippen molar-refractivity contribution in [3.8, 4) is 11.1 Å². The van der Waals surface area contributed by atoms with Gasteiger partial charge in [-0.25, -0.2) is 0 Å². The second-order valence-corrected chi connectivity index (χ2v) is 4.21. The van der Waals surface area contributed by atoms with Crippen molar-refractivity contribution in [3.63, 3.8) is 0 Å². The van der Waals surface area contributed by atoms with Crippen molar-refractivity contribution in [2.75, 3.05) is 6.54 Å². The van der Waals surface area contributed by atoms with Crippen molar-refractivity contribution >= 4 is 5.84 Å². The second-order valence-electron chi connectivity index (χ2n) is 4.21. The van der Waals surface area contributed by atoms with Crippen LogP contribution in [0.5, 0.6) is 0 Å². The zero-order chi connectivity index (χ0) is 12.8. The molecule has 2 nitrogen and oxygen atoms in total. The quantitative estimate of drug-likeness (QED) is 0.643. The fourth-order valence-corrected chi connectivity index (χ4v) is 1.81. The van der Waals surface area contributed by atoms with Crippen LogP contribution in [0.4, 0.5) is 0 Å². The summed E-state index contributed by atoms with van der Waals surface area (Å²) in [6.45, 7) is 2.87. The Hall–Kier alpha value is -2.09. The van der Waals surface area contributed by atoms with E-state index in [0.717, 1.165) is 18.5 Å². The maximum Gasteiger partial charge on any atom is 0.125 e. The van der Waals surface area contributed by atoms with Crippen LogP contribution in [0.1, 0.15) is 18.9 Å². The molecule has 2 aromatic rings. The third kappa shape index (κ3) is 2.98. The first-order chi connectivity index (χ1) is 8.81. The highest BCUT2D eigenvalue weighted by Gasteiger charge is 2.01. The molecule has 0 bridgehead atoms. The van der Waals surface area contributed by atoms with Gasteiger partial charge in [0.25, 0.3) is 0 Å². The maximum absolute atomic E-state index is 5.98. The Morgan fingerprint density at radius 3 is 2.44 bits per heavy atom. The molecular formula is C16H18N2. The number of benzene rings is 2.